The number of hydrogen-bond acceptors (Lipinski definition) is 3. The molecule has 1 aliphatic rings. The number of aromatic nitrogens is 1. The second-order valence-electron chi connectivity index (χ2n) is 9.56. The molecule has 0 saturated carbocycles. The number of hydrogen-bond donors (Lipinski definition) is 2. The number of benzene rings is 2. The van der Waals surface area contributed by atoms with Crippen LogP contribution in [-0.4, -0.2) is 29.5 Å². The molecule has 35 heavy (non-hydrogen) atoms. The molecule has 0 atom stereocenters. The number of nitriles is 1. The van der Waals surface area contributed by atoms with E-state index in [2.05, 4.69) is 55.0 Å². The maximum absolute atomic E-state index is 12.8. The number of amides is 1. The summed E-state index contributed by atoms with van der Waals surface area (Å²) in [6, 6.07) is 14.0. The summed E-state index contributed by atoms with van der Waals surface area (Å²) in [7, 11) is 0. The standard InChI is InChI=1S/C29H31ClN4O/c1-5-12-34-27-15-25(30)21(14-24(27)19(2)16-29(34,3)4)13-22(17-31)28(35)32-11-10-20-18-33-26-9-7-6-8-23(20)26/h6-9,13-16,18,33H,5,10-12H2,1-4H3,(H,32,35)/b22-13+. The Balaban J connectivity index is 1.54. The summed E-state index contributed by atoms with van der Waals surface area (Å²) in [6.07, 6.45) is 7.49. The molecule has 180 valence electrons. The topological polar surface area (TPSA) is 71.9 Å². The Morgan fingerprint density at radius 2 is 2.06 bits per heavy atom. The number of halogens is 1. The maximum Gasteiger partial charge on any atom is 0.261 e. The minimum absolute atomic E-state index is 0.0361. The zero-order valence-corrected chi connectivity index (χ0v) is 21.5. The highest BCUT2D eigenvalue weighted by Crippen LogP contribution is 2.41. The van der Waals surface area contributed by atoms with E-state index in [0.29, 0.717) is 23.6 Å². The average Bonchev–Trinajstić information content (AvgIpc) is 3.23. The fourth-order valence-corrected chi connectivity index (χ4v) is 5.12. The second kappa shape index (κ2) is 10.0. The van der Waals surface area contributed by atoms with Crippen molar-refractivity contribution in [1.29, 1.82) is 5.26 Å². The van der Waals surface area contributed by atoms with Gasteiger partial charge in [-0.25, -0.2) is 0 Å². The Morgan fingerprint density at radius 1 is 1.29 bits per heavy atom. The SMILES string of the molecule is CCCN1c2cc(Cl)c(/C=C(\C#N)C(=O)NCCc3c[nH]c4ccccc34)cc2C(C)=CC1(C)C. The van der Waals surface area contributed by atoms with E-state index in [1.807, 2.05) is 42.6 Å². The van der Waals surface area contributed by atoms with Crippen molar-refractivity contribution in [2.45, 2.75) is 46.1 Å². The molecular formula is C29H31ClN4O. The monoisotopic (exact) mass is 486 g/mol. The molecule has 2 N–H and O–H groups in total. The molecule has 1 amide bonds. The molecule has 2 aromatic carbocycles. The average molecular weight is 487 g/mol. The molecular weight excluding hydrogens is 456 g/mol. The largest absolute Gasteiger partial charge is 0.362 e. The van der Waals surface area contributed by atoms with Crippen LogP contribution in [0.1, 0.15) is 50.8 Å². The summed E-state index contributed by atoms with van der Waals surface area (Å²) in [6.45, 7) is 10.00. The lowest BCUT2D eigenvalue weighted by Gasteiger charge is -2.43. The van der Waals surface area contributed by atoms with Gasteiger partial charge >= 0.3 is 0 Å². The molecule has 2 heterocycles. The van der Waals surface area contributed by atoms with Gasteiger partial charge in [-0.1, -0.05) is 42.8 Å². The van der Waals surface area contributed by atoms with Crippen molar-refractivity contribution in [1.82, 2.24) is 10.3 Å². The summed E-state index contributed by atoms with van der Waals surface area (Å²) in [5.41, 5.74) is 6.10. The summed E-state index contributed by atoms with van der Waals surface area (Å²) in [4.78, 5) is 18.4. The summed E-state index contributed by atoms with van der Waals surface area (Å²) in [5, 5.41) is 14.2. The molecule has 0 unspecified atom stereocenters. The number of allylic oxidation sites excluding steroid dienone is 1. The van der Waals surface area contributed by atoms with Gasteiger partial charge in [0, 0.05) is 46.5 Å². The number of aromatic amines is 1. The lowest BCUT2D eigenvalue weighted by atomic mass is 9.87. The fraction of sp³-hybridized carbons (Fsp3) is 0.310. The van der Waals surface area contributed by atoms with E-state index >= 15 is 0 Å². The number of anilines is 1. The van der Waals surface area contributed by atoms with E-state index in [1.54, 1.807) is 6.08 Å². The van der Waals surface area contributed by atoms with Crippen molar-refractivity contribution in [3.05, 3.63) is 76.0 Å². The van der Waals surface area contributed by atoms with Gasteiger partial charge in [-0.2, -0.15) is 5.26 Å². The van der Waals surface area contributed by atoms with E-state index < -0.39 is 5.91 Å². The van der Waals surface area contributed by atoms with Gasteiger partial charge in [-0.15, -0.1) is 0 Å². The number of H-pyrrole nitrogens is 1. The molecule has 1 aromatic heterocycles. The normalized spacial score (nSPS) is 14.9. The highest BCUT2D eigenvalue weighted by molar-refractivity contribution is 6.32. The van der Waals surface area contributed by atoms with Gasteiger partial charge in [0.1, 0.15) is 11.6 Å². The third kappa shape index (κ3) is 4.99. The van der Waals surface area contributed by atoms with Crippen molar-refractivity contribution in [2.75, 3.05) is 18.0 Å². The van der Waals surface area contributed by atoms with Crippen LogP contribution in [0.2, 0.25) is 5.02 Å². The van der Waals surface area contributed by atoms with E-state index in [1.165, 1.54) is 0 Å². The number of carbonyl (C=O) groups excluding carboxylic acids is 1. The van der Waals surface area contributed by atoms with Gasteiger partial charge in [0.25, 0.3) is 5.91 Å². The number of fused-ring (bicyclic) bond motifs is 2. The zero-order valence-electron chi connectivity index (χ0n) is 20.7. The van der Waals surface area contributed by atoms with Crippen molar-refractivity contribution >= 4 is 45.7 Å². The molecule has 0 radical (unpaired) electrons. The quantitative estimate of drug-likeness (QED) is 0.296. The van der Waals surface area contributed by atoms with E-state index in [4.69, 9.17) is 11.6 Å². The third-order valence-corrected chi connectivity index (χ3v) is 6.89. The first-order valence-electron chi connectivity index (χ1n) is 12.0. The third-order valence-electron chi connectivity index (χ3n) is 6.56. The molecule has 4 rings (SSSR count). The first kappa shape index (κ1) is 24.6. The van der Waals surface area contributed by atoms with Crippen LogP contribution in [0, 0.1) is 11.3 Å². The van der Waals surface area contributed by atoms with E-state index in [9.17, 15) is 10.1 Å². The molecule has 3 aromatic rings. The predicted octanol–water partition coefficient (Wildman–Crippen LogP) is 6.50. The Hall–Kier alpha value is -3.49. The van der Waals surface area contributed by atoms with Crippen LogP contribution < -0.4 is 10.2 Å². The molecule has 6 heteroatoms. The summed E-state index contributed by atoms with van der Waals surface area (Å²) in [5.74, 6) is -0.401. The highest BCUT2D eigenvalue weighted by Gasteiger charge is 2.31. The highest BCUT2D eigenvalue weighted by atomic mass is 35.5. The molecule has 0 aliphatic carbocycles. The second-order valence-corrected chi connectivity index (χ2v) is 9.97. The van der Waals surface area contributed by atoms with Crippen LogP contribution in [0.15, 0.2) is 54.2 Å². The maximum atomic E-state index is 12.8. The van der Waals surface area contributed by atoms with Gasteiger partial charge in [0.05, 0.1) is 5.54 Å². The van der Waals surface area contributed by atoms with Crippen molar-refractivity contribution in [3.8, 4) is 6.07 Å². The summed E-state index contributed by atoms with van der Waals surface area (Å²) >= 11 is 6.67. The molecule has 0 fully saturated rings. The molecule has 0 saturated heterocycles. The van der Waals surface area contributed by atoms with Gasteiger partial charge in [-0.3, -0.25) is 4.79 Å². The van der Waals surface area contributed by atoms with Crippen LogP contribution in [-0.2, 0) is 11.2 Å². The van der Waals surface area contributed by atoms with Crippen LogP contribution in [0.3, 0.4) is 0 Å². The molecule has 0 bridgehead atoms. The molecule has 0 spiro atoms. The number of carbonyl (C=O) groups is 1. The van der Waals surface area contributed by atoms with E-state index in [0.717, 1.165) is 46.3 Å². The first-order chi connectivity index (χ1) is 16.7. The Morgan fingerprint density at radius 3 is 2.80 bits per heavy atom. The number of nitrogens with one attached hydrogen (secondary N) is 2. The van der Waals surface area contributed by atoms with Crippen LogP contribution in [0.4, 0.5) is 5.69 Å². The van der Waals surface area contributed by atoms with Gasteiger partial charge in [0.15, 0.2) is 0 Å². The Kier molecular flexibility index (Phi) is 7.05. The van der Waals surface area contributed by atoms with Gasteiger partial charge in [-0.05, 0) is 74.6 Å². The van der Waals surface area contributed by atoms with Crippen LogP contribution >= 0.6 is 11.6 Å². The predicted molar refractivity (Wildman–Crippen MR) is 145 cm³/mol. The lowest BCUT2D eigenvalue weighted by molar-refractivity contribution is -0.117. The smallest absolute Gasteiger partial charge is 0.261 e. The minimum atomic E-state index is -0.401. The molecule has 5 nitrogen and oxygen atoms in total. The summed E-state index contributed by atoms with van der Waals surface area (Å²) < 4.78 is 0. The number of rotatable bonds is 7. The van der Waals surface area contributed by atoms with Crippen molar-refractivity contribution < 1.29 is 4.79 Å². The Bertz CT molecular complexity index is 1370. The number of para-hydroxylation sites is 1. The fourth-order valence-electron chi connectivity index (χ4n) is 4.91. The zero-order chi connectivity index (χ0) is 25.2. The van der Waals surface area contributed by atoms with Crippen molar-refractivity contribution in [2.24, 2.45) is 0 Å². The minimum Gasteiger partial charge on any atom is -0.362 e. The first-order valence-corrected chi connectivity index (χ1v) is 12.4. The number of nitrogens with zero attached hydrogens (tertiary/aromatic N) is 2. The lowest BCUT2D eigenvalue weighted by Crippen LogP contribution is -2.45. The van der Waals surface area contributed by atoms with E-state index in [-0.39, 0.29) is 11.1 Å². The molecule has 1 aliphatic heterocycles. The van der Waals surface area contributed by atoms with Gasteiger partial charge < -0.3 is 15.2 Å². The Labute approximate surface area is 212 Å². The van der Waals surface area contributed by atoms with Crippen molar-refractivity contribution in [3.63, 3.8) is 0 Å². The van der Waals surface area contributed by atoms with Gasteiger partial charge in [0.2, 0.25) is 0 Å². The van der Waals surface area contributed by atoms with Crippen LogP contribution in [0.25, 0.3) is 22.6 Å². The van der Waals surface area contributed by atoms with Crippen LogP contribution in [0.5, 0.6) is 0 Å².